The van der Waals surface area contributed by atoms with E-state index in [1.807, 2.05) is 4.90 Å². The quantitative estimate of drug-likeness (QED) is 0.161. The molecule has 1 fully saturated rings. The number of nitrogens with two attached hydrogens (primary N) is 1. The third kappa shape index (κ3) is 6.49. The Morgan fingerprint density at radius 3 is 2.44 bits per heavy atom. The highest BCUT2D eigenvalue weighted by molar-refractivity contribution is 7.13. The number of carbonyl (C=O) groups excluding carboxylic acids is 2. The molecule has 0 bridgehead atoms. The van der Waals surface area contributed by atoms with Crippen LogP contribution < -0.4 is 10.5 Å². The molecule has 180 valence electrons. The van der Waals surface area contributed by atoms with Crippen molar-refractivity contribution in [3.05, 3.63) is 51.7 Å². The number of ether oxygens (including phenoxy) is 1. The summed E-state index contributed by atoms with van der Waals surface area (Å²) < 4.78 is 5.36. The van der Waals surface area contributed by atoms with Gasteiger partial charge in [0, 0.05) is 23.4 Å². The van der Waals surface area contributed by atoms with Gasteiger partial charge in [0.05, 0.1) is 18.4 Å². The summed E-state index contributed by atoms with van der Waals surface area (Å²) in [5.74, 6) is -4.37. The molecule has 0 radical (unpaired) electrons. The van der Waals surface area contributed by atoms with Crippen molar-refractivity contribution in [2.75, 3.05) is 6.54 Å². The number of hydrogen-bond donors (Lipinski definition) is 4. The third-order valence-corrected chi connectivity index (χ3v) is 6.60. The summed E-state index contributed by atoms with van der Waals surface area (Å²) >= 11 is 1.24. The van der Waals surface area contributed by atoms with Crippen molar-refractivity contribution >= 4 is 40.9 Å². The summed E-state index contributed by atoms with van der Waals surface area (Å²) in [5.41, 5.74) is 5.93. The van der Waals surface area contributed by atoms with E-state index in [-0.39, 0.29) is 18.0 Å². The minimum atomic E-state index is -1.29. The van der Waals surface area contributed by atoms with E-state index in [1.165, 1.54) is 11.3 Å². The number of benzene rings is 1. The second-order valence-corrected chi connectivity index (χ2v) is 9.19. The zero-order valence-corrected chi connectivity index (χ0v) is 19.0. The Morgan fingerprint density at radius 1 is 1.12 bits per heavy atom. The second-order valence-electron chi connectivity index (χ2n) is 8.03. The Hall–Kier alpha value is -3.57. The van der Waals surface area contributed by atoms with Crippen molar-refractivity contribution in [3.63, 3.8) is 0 Å². The number of ketones is 1. The maximum absolute atomic E-state index is 12.7. The van der Waals surface area contributed by atoms with Gasteiger partial charge in [0.2, 0.25) is 0 Å². The summed E-state index contributed by atoms with van der Waals surface area (Å²) in [5, 5.41) is 25.5. The van der Waals surface area contributed by atoms with Crippen LogP contribution in [0.4, 0.5) is 0 Å². The Labute approximate surface area is 199 Å². The molecule has 5 N–H and O–H groups in total. The van der Waals surface area contributed by atoms with Crippen LogP contribution >= 0.6 is 11.3 Å². The van der Waals surface area contributed by atoms with Gasteiger partial charge in [-0.3, -0.25) is 24.7 Å². The van der Waals surface area contributed by atoms with Crippen LogP contribution in [0.1, 0.15) is 45.8 Å². The molecule has 0 unspecified atom stereocenters. The molecule has 2 heterocycles. The molecule has 3 rings (SSSR count). The summed E-state index contributed by atoms with van der Waals surface area (Å²) in [6.45, 7) is 1.06. The molecule has 0 spiro atoms. The van der Waals surface area contributed by atoms with E-state index in [0.717, 1.165) is 11.3 Å². The van der Waals surface area contributed by atoms with Gasteiger partial charge in [-0.05, 0) is 55.8 Å². The molecule has 11 heteroatoms. The third-order valence-electron chi connectivity index (χ3n) is 5.55. The summed E-state index contributed by atoms with van der Waals surface area (Å²) in [7, 11) is 0. The number of Topliss-reactive ketones (excluding diaryl/α,β-unsaturated/α-hetero) is 1. The monoisotopic (exact) mass is 487 g/mol. The number of rotatable bonds is 11. The molecule has 2 atom stereocenters. The number of carboxylic acid groups (broad SMARTS) is 2. The first-order valence-corrected chi connectivity index (χ1v) is 11.4. The largest absolute Gasteiger partial charge is 0.481 e. The van der Waals surface area contributed by atoms with Crippen molar-refractivity contribution in [2.45, 2.75) is 38.3 Å². The normalized spacial score (nSPS) is 16.6. The highest BCUT2D eigenvalue weighted by atomic mass is 32.1. The lowest BCUT2D eigenvalue weighted by molar-refractivity contribution is -0.149. The SMILES string of the molecule is N=C(N)c1ccc(OC(=O)c2ccc(CN3CCC[C@H]3C(=O)C[C@@H](CC(=O)O)C(=O)O)s2)cc1. The van der Waals surface area contributed by atoms with Crippen molar-refractivity contribution < 1.29 is 34.1 Å². The summed E-state index contributed by atoms with van der Waals surface area (Å²) in [4.78, 5) is 50.6. The molecule has 2 aromatic rings. The fourth-order valence-corrected chi connectivity index (χ4v) is 4.76. The number of nitrogen functional groups attached to an aromatic ring is 1. The van der Waals surface area contributed by atoms with Gasteiger partial charge in [-0.2, -0.15) is 0 Å². The molecule has 1 aromatic heterocycles. The second kappa shape index (κ2) is 11.0. The van der Waals surface area contributed by atoms with Crippen molar-refractivity contribution in [3.8, 4) is 5.75 Å². The highest BCUT2D eigenvalue weighted by Crippen LogP contribution is 2.27. The molecule has 0 saturated carbocycles. The number of nitrogens with one attached hydrogen (secondary N) is 1. The van der Waals surface area contributed by atoms with Crippen LogP contribution in [0, 0.1) is 11.3 Å². The number of carboxylic acids is 2. The topological polar surface area (TPSA) is 171 Å². The van der Waals surface area contributed by atoms with E-state index in [2.05, 4.69) is 0 Å². The zero-order valence-electron chi connectivity index (χ0n) is 18.2. The van der Waals surface area contributed by atoms with E-state index >= 15 is 0 Å². The first kappa shape index (κ1) is 25.1. The van der Waals surface area contributed by atoms with Crippen LogP contribution in [-0.2, 0) is 20.9 Å². The van der Waals surface area contributed by atoms with E-state index in [1.54, 1.807) is 36.4 Å². The number of esters is 1. The number of likely N-dealkylation sites (tertiary alicyclic amines) is 1. The number of nitrogens with zero attached hydrogens (tertiary/aromatic N) is 1. The number of aliphatic carboxylic acids is 2. The van der Waals surface area contributed by atoms with Gasteiger partial charge in [0.25, 0.3) is 0 Å². The van der Waals surface area contributed by atoms with Crippen LogP contribution in [-0.4, -0.2) is 57.2 Å². The number of carbonyl (C=O) groups is 4. The van der Waals surface area contributed by atoms with Gasteiger partial charge in [0.1, 0.15) is 16.5 Å². The van der Waals surface area contributed by atoms with Crippen LogP contribution in [0.25, 0.3) is 0 Å². The first-order chi connectivity index (χ1) is 16.1. The van der Waals surface area contributed by atoms with E-state index in [0.29, 0.717) is 35.7 Å². The number of thiophene rings is 1. The molecule has 1 aliphatic rings. The molecule has 0 amide bonds. The maximum Gasteiger partial charge on any atom is 0.353 e. The van der Waals surface area contributed by atoms with Crippen LogP contribution in [0.5, 0.6) is 5.75 Å². The van der Waals surface area contributed by atoms with E-state index in [9.17, 15) is 24.3 Å². The smallest absolute Gasteiger partial charge is 0.353 e. The van der Waals surface area contributed by atoms with Gasteiger partial charge >= 0.3 is 17.9 Å². The van der Waals surface area contributed by atoms with Gasteiger partial charge < -0.3 is 20.7 Å². The Balaban J connectivity index is 1.60. The summed E-state index contributed by atoms with van der Waals surface area (Å²) in [6.07, 6.45) is 0.424. The van der Waals surface area contributed by atoms with Crippen LogP contribution in [0.2, 0.25) is 0 Å². The number of amidine groups is 1. The highest BCUT2D eigenvalue weighted by Gasteiger charge is 2.34. The maximum atomic E-state index is 12.7. The lowest BCUT2D eigenvalue weighted by atomic mass is 9.94. The zero-order chi connectivity index (χ0) is 24.8. The van der Waals surface area contributed by atoms with E-state index < -0.39 is 36.3 Å². The first-order valence-electron chi connectivity index (χ1n) is 10.6. The average molecular weight is 488 g/mol. The lowest BCUT2D eigenvalue weighted by Crippen LogP contribution is -2.37. The molecule has 34 heavy (non-hydrogen) atoms. The fourth-order valence-electron chi connectivity index (χ4n) is 3.85. The lowest BCUT2D eigenvalue weighted by Gasteiger charge is -2.23. The van der Waals surface area contributed by atoms with Crippen molar-refractivity contribution in [1.82, 2.24) is 4.90 Å². The molecule has 10 nitrogen and oxygen atoms in total. The molecule has 1 saturated heterocycles. The molecular formula is C23H25N3O7S. The van der Waals surface area contributed by atoms with Crippen molar-refractivity contribution in [1.29, 1.82) is 5.41 Å². The predicted molar refractivity (Wildman–Crippen MR) is 123 cm³/mol. The minimum Gasteiger partial charge on any atom is -0.481 e. The van der Waals surface area contributed by atoms with Gasteiger partial charge in [-0.15, -0.1) is 11.3 Å². The molecule has 1 aliphatic heterocycles. The Morgan fingerprint density at radius 2 is 1.82 bits per heavy atom. The van der Waals surface area contributed by atoms with Gasteiger partial charge in [-0.1, -0.05) is 0 Å². The molecule has 1 aromatic carbocycles. The average Bonchev–Trinajstić information content (AvgIpc) is 3.43. The van der Waals surface area contributed by atoms with E-state index in [4.69, 9.17) is 21.0 Å². The van der Waals surface area contributed by atoms with Crippen molar-refractivity contribution in [2.24, 2.45) is 11.7 Å². The van der Waals surface area contributed by atoms with Gasteiger partial charge in [-0.25, -0.2) is 4.79 Å². The molecular weight excluding hydrogens is 462 g/mol. The van der Waals surface area contributed by atoms with Crippen LogP contribution in [0.3, 0.4) is 0 Å². The van der Waals surface area contributed by atoms with Gasteiger partial charge in [0.15, 0.2) is 5.78 Å². The minimum absolute atomic E-state index is 0.0835. The Kier molecular flexibility index (Phi) is 8.13. The fraction of sp³-hybridized carbons (Fsp3) is 0.348. The Bertz CT molecular complexity index is 1100. The number of hydrogen-bond acceptors (Lipinski definition) is 8. The van der Waals surface area contributed by atoms with Crippen LogP contribution in [0.15, 0.2) is 36.4 Å². The standard InChI is InChI=1S/C23H25N3O7S/c24-21(25)13-3-5-15(6-4-13)33-23(32)19-8-7-16(34-19)12-26-9-1-2-17(26)18(27)10-14(22(30)31)11-20(28)29/h3-8,14,17H,1-2,9-12H2,(H3,24,25)(H,28,29)(H,30,31)/t14-,17-/m0/s1. The predicted octanol–water partition coefficient (Wildman–Crippen LogP) is 2.35. The molecule has 0 aliphatic carbocycles. The summed E-state index contributed by atoms with van der Waals surface area (Å²) in [6, 6.07) is 9.22.